The summed E-state index contributed by atoms with van der Waals surface area (Å²) >= 11 is 1.65. The number of carbonyl (C=O) groups is 2. The van der Waals surface area contributed by atoms with Crippen molar-refractivity contribution in [2.45, 2.75) is 19.8 Å². The molecule has 0 radical (unpaired) electrons. The van der Waals surface area contributed by atoms with Crippen LogP contribution in [0.2, 0.25) is 0 Å². The molecule has 1 N–H and O–H groups in total. The van der Waals surface area contributed by atoms with E-state index in [2.05, 4.69) is 5.32 Å². The van der Waals surface area contributed by atoms with Crippen molar-refractivity contribution in [3.63, 3.8) is 0 Å². The van der Waals surface area contributed by atoms with Crippen LogP contribution in [0.15, 0.2) is 41.8 Å². The van der Waals surface area contributed by atoms with E-state index in [-0.39, 0.29) is 11.7 Å². The Morgan fingerprint density at radius 1 is 1.16 bits per heavy atom. The van der Waals surface area contributed by atoms with Crippen molar-refractivity contribution in [1.29, 1.82) is 0 Å². The highest BCUT2D eigenvalue weighted by atomic mass is 32.1. The molecular formula is C15H15NO2S. The summed E-state index contributed by atoms with van der Waals surface area (Å²) in [4.78, 5) is 24.5. The van der Waals surface area contributed by atoms with Crippen molar-refractivity contribution in [2.24, 2.45) is 0 Å². The minimum absolute atomic E-state index is 0.0471. The van der Waals surface area contributed by atoms with E-state index < -0.39 is 0 Å². The predicted molar refractivity (Wildman–Crippen MR) is 77.7 cm³/mol. The fourth-order valence-corrected chi connectivity index (χ4v) is 2.51. The summed E-state index contributed by atoms with van der Waals surface area (Å²) in [5.74, 6) is -0.115. The van der Waals surface area contributed by atoms with Gasteiger partial charge in [0.15, 0.2) is 5.78 Å². The maximum absolute atomic E-state index is 11.9. The quantitative estimate of drug-likeness (QED) is 0.847. The summed E-state index contributed by atoms with van der Waals surface area (Å²) in [5, 5.41) is 4.80. The number of benzene rings is 1. The number of thiophene rings is 1. The minimum Gasteiger partial charge on any atom is -0.325 e. The Bertz CT molecular complexity index is 576. The Morgan fingerprint density at radius 2 is 1.95 bits per heavy atom. The van der Waals surface area contributed by atoms with Crippen LogP contribution in [0.1, 0.15) is 28.6 Å². The molecule has 2 rings (SSSR count). The van der Waals surface area contributed by atoms with Gasteiger partial charge in [-0.2, -0.15) is 0 Å². The second kappa shape index (κ2) is 6.29. The first-order valence-corrected chi connectivity index (χ1v) is 6.97. The van der Waals surface area contributed by atoms with Crippen molar-refractivity contribution in [1.82, 2.24) is 0 Å². The third kappa shape index (κ3) is 3.76. The molecule has 19 heavy (non-hydrogen) atoms. The van der Waals surface area contributed by atoms with E-state index in [0.717, 1.165) is 6.42 Å². The smallest absolute Gasteiger partial charge is 0.224 e. The maximum Gasteiger partial charge on any atom is 0.224 e. The van der Waals surface area contributed by atoms with Crippen LogP contribution in [0.3, 0.4) is 0 Å². The zero-order valence-electron chi connectivity index (χ0n) is 10.7. The number of nitrogens with one attached hydrogen (secondary N) is 1. The summed E-state index contributed by atoms with van der Waals surface area (Å²) in [6.07, 6.45) is 1.15. The first kappa shape index (κ1) is 13.5. The van der Waals surface area contributed by atoms with Gasteiger partial charge in [-0.15, -0.1) is 11.3 Å². The number of aryl methyl sites for hydroxylation is 1. The fraction of sp³-hybridized carbons (Fsp3) is 0.200. The Labute approximate surface area is 116 Å². The molecule has 0 aliphatic heterocycles. The van der Waals surface area contributed by atoms with Crippen molar-refractivity contribution in [3.05, 3.63) is 52.2 Å². The average Bonchev–Trinajstić information content (AvgIpc) is 2.90. The first-order chi connectivity index (χ1) is 9.16. The van der Waals surface area contributed by atoms with Crippen LogP contribution in [0.4, 0.5) is 5.69 Å². The van der Waals surface area contributed by atoms with E-state index in [4.69, 9.17) is 0 Å². The lowest BCUT2D eigenvalue weighted by Gasteiger charge is -2.08. The van der Waals surface area contributed by atoms with Crippen LogP contribution in [0.5, 0.6) is 0 Å². The summed E-state index contributed by atoms with van der Waals surface area (Å²) in [5.41, 5.74) is 1.14. The van der Waals surface area contributed by atoms with E-state index in [1.54, 1.807) is 35.6 Å². The normalized spacial score (nSPS) is 10.2. The molecule has 1 aromatic heterocycles. The number of hydrogen-bond donors (Lipinski definition) is 1. The lowest BCUT2D eigenvalue weighted by molar-refractivity contribution is -0.116. The molecule has 0 fully saturated rings. The molecular weight excluding hydrogens is 258 g/mol. The largest absolute Gasteiger partial charge is 0.325 e. The van der Waals surface area contributed by atoms with E-state index in [9.17, 15) is 9.59 Å². The second-order valence-electron chi connectivity index (χ2n) is 4.23. The van der Waals surface area contributed by atoms with Gasteiger partial charge < -0.3 is 5.32 Å². The van der Waals surface area contributed by atoms with Gasteiger partial charge >= 0.3 is 0 Å². The topological polar surface area (TPSA) is 46.2 Å². The monoisotopic (exact) mass is 273 g/mol. The Balaban J connectivity index is 1.97. The number of Topliss-reactive ketones (excluding diaryl/α,β-unsaturated/α-hetero) is 1. The number of anilines is 1. The van der Waals surface area contributed by atoms with Crippen LogP contribution < -0.4 is 5.32 Å². The Hall–Kier alpha value is -1.94. The number of ketones is 1. The van der Waals surface area contributed by atoms with E-state index in [1.807, 2.05) is 17.5 Å². The molecule has 0 unspecified atom stereocenters. The van der Waals surface area contributed by atoms with Gasteiger partial charge in [-0.1, -0.05) is 18.2 Å². The zero-order chi connectivity index (χ0) is 13.7. The first-order valence-electron chi connectivity index (χ1n) is 6.09. The van der Waals surface area contributed by atoms with Gasteiger partial charge in [-0.25, -0.2) is 0 Å². The molecule has 0 atom stereocenters. The molecule has 1 heterocycles. The average molecular weight is 273 g/mol. The summed E-state index contributed by atoms with van der Waals surface area (Å²) < 4.78 is 0. The minimum atomic E-state index is -0.0675. The second-order valence-corrected chi connectivity index (χ2v) is 5.26. The van der Waals surface area contributed by atoms with Gasteiger partial charge in [-0.3, -0.25) is 9.59 Å². The third-order valence-corrected chi connectivity index (χ3v) is 3.70. The predicted octanol–water partition coefficient (Wildman–Crippen LogP) is 3.52. The number of hydrogen-bond acceptors (Lipinski definition) is 3. The van der Waals surface area contributed by atoms with Crippen LogP contribution in [-0.4, -0.2) is 11.7 Å². The molecule has 0 saturated carbocycles. The van der Waals surface area contributed by atoms with Gasteiger partial charge in [0.05, 0.1) is 5.69 Å². The summed E-state index contributed by atoms with van der Waals surface area (Å²) in [6, 6.07) is 11.1. The van der Waals surface area contributed by atoms with Gasteiger partial charge in [0.1, 0.15) is 0 Å². The molecule has 0 spiro atoms. The molecule has 1 amide bonds. The van der Waals surface area contributed by atoms with Gasteiger partial charge in [-0.05, 0) is 36.9 Å². The van der Waals surface area contributed by atoms with E-state index in [0.29, 0.717) is 17.7 Å². The van der Waals surface area contributed by atoms with Crippen molar-refractivity contribution < 1.29 is 9.59 Å². The van der Waals surface area contributed by atoms with Crippen molar-refractivity contribution in [2.75, 3.05) is 5.32 Å². The molecule has 0 aliphatic rings. The Morgan fingerprint density at radius 3 is 2.63 bits per heavy atom. The molecule has 0 saturated heterocycles. The molecule has 4 heteroatoms. The molecule has 98 valence electrons. The van der Waals surface area contributed by atoms with E-state index in [1.165, 1.54) is 11.8 Å². The highest BCUT2D eigenvalue weighted by molar-refractivity contribution is 7.09. The third-order valence-electron chi connectivity index (χ3n) is 2.76. The van der Waals surface area contributed by atoms with Gasteiger partial charge in [0.2, 0.25) is 5.91 Å². The number of carbonyl (C=O) groups excluding carboxylic acids is 2. The van der Waals surface area contributed by atoms with Crippen LogP contribution in [0.25, 0.3) is 0 Å². The van der Waals surface area contributed by atoms with Crippen molar-refractivity contribution >= 4 is 28.7 Å². The van der Waals surface area contributed by atoms with Crippen molar-refractivity contribution in [3.8, 4) is 0 Å². The van der Waals surface area contributed by atoms with Gasteiger partial charge in [0.25, 0.3) is 0 Å². The lowest BCUT2D eigenvalue weighted by atomic mass is 10.1. The lowest BCUT2D eigenvalue weighted by Crippen LogP contribution is -2.14. The highest BCUT2D eigenvalue weighted by Crippen LogP contribution is 2.17. The van der Waals surface area contributed by atoms with E-state index >= 15 is 0 Å². The maximum atomic E-state index is 11.9. The van der Waals surface area contributed by atoms with Crippen LogP contribution >= 0.6 is 11.3 Å². The molecule has 1 aromatic carbocycles. The summed E-state index contributed by atoms with van der Waals surface area (Å²) in [7, 11) is 0. The molecule has 0 bridgehead atoms. The van der Waals surface area contributed by atoms with Crippen LogP contribution in [0, 0.1) is 0 Å². The summed E-state index contributed by atoms with van der Waals surface area (Å²) in [6.45, 7) is 1.50. The molecule has 3 nitrogen and oxygen atoms in total. The zero-order valence-corrected chi connectivity index (χ0v) is 11.5. The fourth-order valence-electron chi connectivity index (χ4n) is 1.80. The molecule has 2 aromatic rings. The van der Waals surface area contributed by atoms with Crippen LogP contribution in [-0.2, 0) is 11.2 Å². The molecule has 0 aliphatic carbocycles. The number of rotatable bonds is 5. The number of para-hydroxylation sites is 1. The SMILES string of the molecule is CC(=O)c1ccccc1NC(=O)CCc1cccs1. The standard InChI is InChI=1S/C15H15NO2S/c1-11(17)13-6-2-3-7-14(13)16-15(18)9-8-12-5-4-10-19-12/h2-7,10H,8-9H2,1H3,(H,16,18). The Kier molecular flexibility index (Phi) is 4.47. The highest BCUT2D eigenvalue weighted by Gasteiger charge is 2.09. The number of amides is 1. The van der Waals surface area contributed by atoms with Gasteiger partial charge in [0, 0.05) is 16.9 Å².